The molecule has 0 saturated heterocycles. The molecule has 0 radical (unpaired) electrons. The fraction of sp³-hybridized carbons (Fsp3) is 0.333. The molecule has 3 heterocycles. The molecule has 0 amide bonds. The van der Waals surface area contributed by atoms with E-state index in [4.69, 9.17) is 5.11 Å². The van der Waals surface area contributed by atoms with E-state index in [0.29, 0.717) is 24.9 Å². The fourth-order valence-corrected chi connectivity index (χ4v) is 3.45. The Bertz CT molecular complexity index is 1140. The van der Waals surface area contributed by atoms with Gasteiger partial charge >= 0.3 is 0 Å². The van der Waals surface area contributed by atoms with Crippen LogP contribution in [-0.2, 0) is 6.54 Å². The van der Waals surface area contributed by atoms with Crippen LogP contribution in [0.5, 0.6) is 0 Å². The van der Waals surface area contributed by atoms with Crippen molar-refractivity contribution in [3.63, 3.8) is 0 Å². The molecule has 1 aromatic carbocycles. The van der Waals surface area contributed by atoms with Crippen LogP contribution in [0.25, 0.3) is 22.4 Å². The number of hydrogen-bond acceptors (Lipinski definition) is 7. The molecule has 0 saturated carbocycles. The van der Waals surface area contributed by atoms with Gasteiger partial charge in [0.2, 0.25) is 5.95 Å². The summed E-state index contributed by atoms with van der Waals surface area (Å²) in [5.41, 5.74) is 4.74. The summed E-state index contributed by atoms with van der Waals surface area (Å²) in [5.74, 6) is 1.26. The minimum Gasteiger partial charge on any atom is -0.396 e. The molecule has 0 spiro atoms. The van der Waals surface area contributed by atoms with Crippen LogP contribution >= 0.6 is 0 Å². The summed E-state index contributed by atoms with van der Waals surface area (Å²) < 4.78 is 2.04. The van der Waals surface area contributed by atoms with Gasteiger partial charge in [0.05, 0.1) is 12.0 Å². The van der Waals surface area contributed by atoms with Crippen molar-refractivity contribution in [2.24, 2.45) is 0 Å². The highest BCUT2D eigenvalue weighted by Gasteiger charge is 2.15. The molecular weight excluding hydrogens is 402 g/mol. The van der Waals surface area contributed by atoms with Crippen molar-refractivity contribution in [2.45, 2.75) is 39.3 Å². The fourth-order valence-electron chi connectivity index (χ4n) is 3.45. The lowest BCUT2D eigenvalue weighted by atomic mass is 10.1. The predicted octanol–water partition coefficient (Wildman–Crippen LogP) is 4.27. The lowest BCUT2D eigenvalue weighted by Crippen LogP contribution is -2.10. The van der Waals surface area contributed by atoms with Crippen LogP contribution < -0.4 is 10.6 Å². The highest BCUT2D eigenvalue weighted by molar-refractivity contribution is 5.84. The Hall–Kier alpha value is -3.52. The molecule has 0 fully saturated rings. The molecule has 4 rings (SSSR count). The zero-order valence-electron chi connectivity index (χ0n) is 18.5. The topological polar surface area (TPSA) is 101 Å². The van der Waals surface area contributed by atoms with E-state index >= 15 is 0 Å². The lowest BCUT2D eigenvalue weighted by Gasteiger charge is -2.12. The number of nitrogens with zero attached hydrogens (tertiary/aromatic N) is 5. The highest BCUT2D eigenvalue weighted by atomic mass is 16.2. The van der Waals surface area contributed by atoms with E-state index in [1.54, 1.807) is 6.20 Å². The summed E-state index contributed by atoms with van der Waals surface area (Å²) in [4.78, 5) is 18.3. The van der Waals surface area contributed by atoms with Crippen molar-refractivity contribution in [1.29, 1.82) is 0 Å². The van der Waals surface area contributed by atoms with Crippen molar-refractivity contribution in [3.05, 3.63) is 60.6 Å². The monoisotopic (exact) mass is 431 g/mol. The summed E-state index contributed by atoms with van der Waals surface area (Å²) in [6, 6.07) is 14.5. The highest BCUT2D eigenvalue weighted by Crippen LogP contribution is 2.24. The van der Waals surface area contributed by atoms with Crippen LogP contribution in [0.1, 0.15) is 38.3 Å². The maximum absolute atomic E-state index is 8.99. The van der Waals surface area contributed by atoms with Gasteiger partial charge in [0.1, 0.15) is 0 Å². The number of fused-ring (bicyclic) bond motifs is 1. The maximum Gasteiger partial charge on any atom is 0.226 e. The third kappa shape index (κ3) is 5.03. The Labute approximate surface area is 187 Å². The Morgan fingerprint density at radius 3 is 2.53 bits per heavy atom. The minimum atomic E-state index is 0.188. The molecule has 0 unspecified atom stereocenters. The average molecular weight is 432 g/mol. The SMILES string of the molecule is CC(C)n1cnc2c(NCc3ccc(-c4ccccn4)cc3)nc(NCCCCO)nc21. The molecule has 166 valence electrons. The maximum atomic E-state index is 8.99. The van der Waals surface area contributed by atoms with Crippen LogP contribution in [-0.4, -0.2) is 42.8 Å². The number of aromatic nitrogens is 5. The molecule has 0 aliphatic heterocycles. The second kappa shape index (κ2) is 10.2. The van der Waals surface area contributed by atoms with Gasteiger partial charge in [-0.05, 0) is 44.4 Å². The summed E-state index contributed by atoms with van der Waals surface area (Å²) in [7, 11) is 0. The normalized spacial score (nSPS) is 11.2. The van der Waals surface area contributed by atoms with Gasteiger partial charge in [-0.1, -0.05) is 30.3 Å². The number of unbranched alkanes of at least 4 members (excludes halogenated alkanes) is 1. The smallest absolute Gasteiger partial charge is 0.226 e. The molecule has 0 bridgehead atoms. The molecule has 32 heavy (non-hydrogen) atoms. The zero-order chi connectivity index (χ0) is 22.3. The largest absolute Gasteiger partial charge is 0.396 e. The molecule has 8 heteroatoms. The second-order valence-corrected chi connectivity index (χ2v) is 7.94. The summed E-state index contributed by atoms with van der Waals surface area (Å²) in [5, 5.41) is 15.7. The van der Waals surface area contributed by atoms with Gasteiger partial charge in [-0.3, -0.25) is 4.98 Å². The number of hydrogen-bond donors (Lipinski definition) is 3. The van der Waals surface area contributed by atoms with Crippen molar-refractivity contribution in [3.8, 4) is 11.3 Å². The predicted molar refractivity (Wildman–Crippen MR) is 128 cm³/mol. The Morgan fingerprint density at radius 1 is 0.969 bits per heavy atom. The van der Waals surface area contributed by atoms with Gasteiger partial charge in [0.25, 0.3) is 0 Å². The van der Waals surface area contributed by atoms with E-state index in [2.05, 4.69) is 68.7 Å². The van der Waals surface area contributed by atoms with Gasteiger partial charge in [-0.25, -0.2) is 4.98 Å². The molecule has 3 N–H and O–H groups in total. The van der Waals surface area contributed by atoms with Crippen molar-refractivity contribution in [1.82, 2.24) is 24.5 Å². The standard InChI is InChI=1S/C24H29N7O/c1-17(2)31-16-28-21-22(29-24(30-23(21)31)26-13-5-6-14-32)27-15-18-8-10-19(11-9-18)20-7-3-4-12-25-20/h3-4,7-12,16-17,32H,5-6,13-15H2,1-2H3,(H2,26,27,29,30). The Kier molecular flexibility index (Phi) is 6.91. The third-order valence-corrected chi connectivity index (χ3v) is 5.22. The number of anilines is 2. The average Bonchev–Trinajstić information content (AvgIpc) is 3.26. The van der Waals surface area contributed by atoms with E-state index in [1.807, 2.05) is 29.1 Å². The van der Waals surface area contributed by atoms with E-state index in [0.717, 1.165) is 40.8 Å². The molecule has 8 nitrogen and oxygen atoms in total. The number of aliphatic hydroxyl groups excluding tert-OH is 1. The molecule has 4 aromatic rings. The molecule has 0 atom stereocenters. The lowest BCUT2D eigenvalue weighted by molar-refractivity contribution is 0.286. The summed E-state index contributed by atoms with van der Waals surface area (Å²) >= 11 is 0. The number of rotatable bonds is 10. The van der Waals surface area contributed by atoms with Crippen LogP contribution in [0.15, 0.2) is 55.0 Å². The van der Waals surface area contributed by atoms with Crippen LogP contribution in [0.4, 0.5) is 11.8 Å². The number of aliphatic hydroxyl groups is 1. The second-order valence-electron chi connectivity index (χ2n) is 7.94. The van der Waals surface area contributed by atoms with Crippen LogP contribution in [0.3, 0.4) is 0 Å². The summed E-state index contributed by atoms with van der Waals surface area (Å²) in [6.45, 7) is 5.72. The van der Waals surface area contributed by atoms with Gasteiger partial charge in [0, 0.05) is 37.5 Å². The molecule has 0 aliphatic rings. The molecular formula is C24H29N7O. The first kappa shape index (κ1) is 21.7. The van der Waals surface area contributed by atoms with Crippen molar-refractivity contribution < 1.29 is 5.11 Å². The first-order valence-corrected chi connectivity index (χ1v) is 11.0. The Morgan fingerprint density at radius 2 is 1.81 bits per heavy atom. The quantitative estimate of drug-likeness (QED) is 0.322. The third-order valence-electron chi connectivity index (χ3n) is 5.22. The summed E-state index contributed by atoms with van der Waals surface area (Å²) in [6.07, 6.45) is 5.22. The van der Waals surface area contributed by atoms with Gasteiger partial charge in [0.15, 0.2) is 17.0 Å². The van der Waals surface area contributed by atoms with E-state index in [-0.39, 0.29) is 12.6 Å². The number of nitrogens with one attached hydrogen (secondary N) is 2. The number of pyridine rings is 1. The van der Waals surface area contributed by atoms with E-state index in [1.165, 1.54) is 0 Å². The number of benzene rings is 1. The number of imidazole rings is 1. The van der Waals surface area contributed by atoms with Gasteiger partial charge < -0.3 is 20.3 Å². The molecule has 0 aliphatic carbocycles. The first-order valence-electron chi connectivity index (χ1n) is 11.0. The van der Waals surface area contributed by atoms with E-state index < -0.39 is 0 Å². The van der Waals surface area contributed by atoms with Crippen molar-refractivity contribution >= 4 is 22.9 Å². The van der Waals surface area contributed by atoms with Gasteiger partial charge in [-0.15, -0.1) is 0 Å². The van der Waals surface area contributed by atoms with Crippen LogP contribution in [0, 0.1) is 0 Å². The molecule has 3 aromatic heterocycles. The zero-order valence-corrected chi connectivity index (χ0v) is 18.5. The minimum absolute atomic E-state index is 0.188. The van der Waals surface area contributed by atoms with Crippen molar-refractivity contribution in [2.75, 3.05) is 23.8 Å². The van der Waals surface area contributed by atoms with Crippen LogP contribution in [0.2, 0.25) is 0 Å². The van der Waals surface area contributed by atoms with Gasteiger partial charge in [-0.2, -0.15) is 9.97 Å². The first-order chi connectivity index (χ1) is 15.7. The Balaban J connectivity index is 1.53. The van der Waals surface area contributed by atoms with E-state index in [9.17, 15) is 0 Å².